The van der Waals surface area contributed by atoms with Crippen molar-refractivity contribution in [3.8, 4) is 35.3 Å². The number of carbonyl (C=O) groups is 1. The molecule has 3 rings (SSSR count). The minimum Gasteiger partial charge on any atom is -0.496 e. The van der Waals surface area contributed by atoms with Crippen LogP contribution >= 0.6 is 11.3 Å². The first-order valence-electron chi connectivity index (χ1n) is 8.56. The average molecular weight is 412 g/mol. The Balaban J connectivity index is 2.24. The lowest BCUT2D eigenvalue weighted by Gasteiger charge is -2.09. The van der Waals surface area contributed by atoms with E-state index in [1.54, 1.807) is 37.0 Å². The zero-order chi connectivity index (χ0) is 21.0. The molecule has 7 nitrogen and oxygen atoms in total. The first kappa shape index (κ1) is 20.3. The van der Waals surface area contributed by atoms with Crippen LogP contribution in [0.25, 0.3) is 10.2 Å². The standard InChI is InChI=1S/C21H20N2O5S/c1-6-10-23-13-11-16(27-4)17(28-5)12-18(13)29-21(23)22-20(24)19-14(25-2)8-7-9-15(19)26-3/h1,7-9,11-12H,10H2,2-5H3. The van der Waals surface area contributed by atoms with Crippen LogP contribution in [0.2, 0.25) is 0 Å². The van der Waals surface area contributed by atoms with Gasteiger partial charge in [0.05, 0.1) is 45.2 Å². The highest BCUT2D eigenvalue weighted by Crippen LogP contribution is 2.33. The normalized spacial score (nSPS) is 11.2. The molecule has 0 saturated carbocycles. The monoisotopic (exact) mass is 412 g/mol. The predicted molar refractivity (Wildman–Crippen MR) is 111 cm³/mol. The second-order valence-electron chi connectivity index (χ2n) is 5.80. The van der Waals surface area contributed by atoms with Crippen molar-refractivity contribution in [2.24, 2.45) is 4.99 Å². The minimum absolute atomic E-state index is 0.241. The molecule has 8 heteroatoms. The molecule has 0 N–H and O–H groups in total. The van der Waals surface area contributed by atoms with E-state index in [0.29, 0.717) is 27.8 Å². The van der Waals surface area contributed by atoms with Gasteiger partial charge in [0.25, 0.3) is 5.91 Å². The molecule has 29 heavy (non-hydrogen) atoms. The number of carbonyl (C=O) groups excluding carboxylic acids is 1. The lowest BCUT2D eigenvalue weighted by atomic mass is 10.1. The predicted octanol–water partition coefficient (Wildman–Crippen LogP) is 3.11. The van der Waals surface area contributed by atoms with Gasteiger partial charge in [-0.2, -0.15) is 4.99 Å². The molecule has 1 amide bonds. The van der Waals surface area contributed by atoms with E-state index >= 15 is 0 Å². The number of hydrogen-bond acceptors (Lipinski definition) is 6. The molecule has 0 aliphatic rings. The first-order chi connectivity index (χ1) is 14.1. The van der Waals surface area contributed by atoms with Crippen LogP contribution in [0.5, 0.6) is 23.0 Å². The van der Waals surface area contributed by atoms with Gasteiger partial charge in [-0.25, -0.2) is 0 Å². The lowest BCUT2D eigenvalue weighted by molar-refractivity contribution is 0.0992. The molecule has 150 valence electrons. The topological polar surface area (TPSA) is 71.3 Å². The summed E-state index contributed by atoms with van der Waals surface area (Å²) in [6.45, 7) is 0.241. The molecule has 0 spiro atoms. The minimum atomic E-state index is -0.490. The van der Waals surface area contributed by atoms with E-state index in [4.69, 9.17) is 25.4 Å². The molecule has 2 aromatic carbocycles. The Morgan fingerprint density at radius 2 is 1.62 bits per heavy atom. The smallest absolute Gasteiger partial charge is 0.287 e. The van der Waals surface area contributed by atoms with Crippen molar-refractivity contribution in [2.75, 3.05) is 28.4 Å². The van der Waals surface area contributed by atoms with E-state index in [2.05, 4.69) is 10.9 Å². The van der Waals surface area contributed by atoms with Gasteiger partial charge in [-0.15, -0.1) is 6.42 Å². The van der Waals surface area contributed by atoms with Gasteiger partial charge in [-0.05, 0) is 12.1 Å². The molecule has 0 saturated heterocycles. The van der Waals surface area contributed by atoms with Gasteiger partial charge in [-0.3, -0.25) is 4.79 Å². The number of aromatic nitrogens is 1. The van der Waals surface area contributed by atoms with Gasteiger partial charge < -0.3 is 23.5 Å². The molecule has 0 atom stereocenters. The van der Waals surface area contributed by atoms with Crippen molar-refractivity contribution in [3.05, 3.63) is 40.7 Å². The highest BCUT2D eigenvalue weighted by atomic mass is 32.1. The Kier molecular flexibility index (Phi) is 6.10. The van der Waals surface area contributed by atoms with E-state index < -0.39 is 5.91 Å². The summed E-state index contributed by atoms with van der Waals surface area (Å²) < 4.78 is 24.0. The Labute approximate surface area is 172 Å². The third-order valence-electron chi connectivity index (χ3n) is 4.28. The van der Waals surface area contributed by atoms with E-state index in [9.17, 15) is 4.79 Å². The van der Waals surface area contributed by atoms with Crippen molar-refractivity contribution in [1.82, 2.24) is 4.57 Å². The second kappa shape index (κ2) is 8.71. The zero-order valence-corrected chi connectivity index (χ0v) is 17.3. The van der Waals surface area contributed by atoms with E-state index in [0.717, 1.165) is 10.2 Å². The summed E-state index contributed by atoms with van der Waals surface area (Å²) in [7, 11) is 6.10. The van der Waals surface area contributed by atoms with E-state index in [1.165, 1.54) is 25.6 Å². The number of methoxy groups -OCH3 is 4. The number of nitrogens with zero attached hydrogens (tertiary/aromatic N) is 2. The summed E-state index contributed by atoms with van der Waals surface area (Å²) in [5.41, 5.74) is 1.04. The molecule has 1 heterocycles. The second-order valence-corrected chi connectivity index (χ2v) is 6.81. The van der Waals surface area contributed by atoms with Gasteiger partial charge in [0.1, 0.15) is 17.1 Å². The Morgan fingerprint density at radius 3 is 2.17 bits per heavy atom. The number of fused-ring (bicyclic) bond motifs is 1. The van der Waals surface area contributed by atoms with Crippen molar-refractivity contribution in [3.63, 3.8) is 0 Å². The van der Waals surface area contributed by atoms with Crippen LogP contribution in [-0.4, -0.2) is 38.9 Å². The number of amides is 1. The Morgan fingerprint density at radius 1 is 1.03 bits per heavy atom. The fraction of sp³-hybridized carbons (Fsp3) is 0.238. The van der Waals surface area contributed by atoms with Crippen molar-refractivity contribution in [2.45, 2.75) is 6.54 Å². The number of hydrogen-bond donors (Lipinski definition) is 0. The van der Waals surface area contributed by atoms with Crippen molar-refractivity contribution < 1.29 is 23.7 Å². The molecule has 3 aromatic rings. The maximum Gasteiger partial charge on any atom is 0.287 e. The number of terminal acetylenes is 1. The lowest BCUT2D eigenvalue weighted by Crippen LogP contribution is -2.17. The molecule has 0 fully saturated rings. The fourth-order valence-corrected chi connectivity index (χ4v) is 3.97. The van der Waals surface area contributed by atoms with Crippen LogP contribution in [0.15, 0.2) is 35.3 Å². The third-order valence-corrected chi connectivity index (χ3v) is 5.32. The summed E-state index contributed by atoms with van der Waals surface area (Å²) in [6, 6.07) is 8.75. The molecule has 0 unspecified atom stereocenters. The van der Waals surface area contributed by atoms with Crippen LogP contribution in [-0.2, 0) is 6.54 Å². The van der Waals surface area contributed by atoms with E-state index in [-0.39, 0.29) is 12.1 Å². The molecule has 0 aliphatic carbocycles. The van der Waals surface area contributed by atoms with Crippen molar-refractivity contribution in [1.29, 1.82) is 0 Å². The van der Waals surface area contributed by atoms with Crippen molar-refractivity contribution >= 4 is 27.5 Å². The number of thiazole rings is 1. The van der Waals surface area contributed by atoms with Crippen LogP contribution in [0.3, 0.4) is 0 Å². The molecule has 0 aliphatic heterocycles. The molecular formula is C21H20N2O5S. The van der Waals surface area contributed by atoms with Crippen LogP contribution < -0.4 is 23.7 Å². The van der Waals surface area contributed by atoms with Gasteiger partial charge >= 0.3 is 0 Å². The quantitative estimate of drug-likeness (QED) is 0.582. The van der Waals surface area contributed by atoms with Gasteiger partial charge in [0.15, 0.2) is 16.3 Å². The zero-order valence-electron chi connectivity index (χ0n) is 16.5. The summed E-state index contributed by atoms with van der Waals surface area (Å²) in [6.07, 6.45) is 5.55. The fourth-order valence-electron chi connectivity index (χ4n) is 2.93. The van der Waals surface area contributed by atoms with Crippen LogP contribution in [0.1, 0.15) is 10.4 Å². The summed E-state index contributed by atoms with van der Waals surface area (Å²) in [5.74, 6) is 4.02. The molecule has 0 radical (unpaired) electrons. The molecular weight excluding hydrogens is 392 g/mol. The largest absolute Gasteiger partial charge is 0.496 e. The first-order valence-corrected chi connectivity index (χ1v) is 9.38. The summed E-state index contributed by atoms with van der Waals surface area (Å²) >= 11 is 1.33. The van der Waals surface area contributed by atoms with E-state index in [1.807, 2.05) is 12.1 Å². The van der Waals surface area contributed by atoms with Gasteiger partial charge in [-0.1, -0.05) is 23.3 Å². The van der Waals surface area contributed by atoms with Gasteiger partial charge in [0.2, 0.25) is 0 Å². The number of ether oxygens (including phenoxy) is 4. The Bertz CT molecular complexity index is 1150. The highest BCUT2D eigenvalue weighted by molar-refractivity contribution is 7.16. The number of benzene rings is 2. The number of rotatable bonds is 6. The molecule has 1 aromatic heterocycles. The van der Waals surface area contributed by atoms with Crippen LogP contribution in [0, 0.1) is 12.3 Å². The third kappa shape index (κ3) is 3.77. The van der Waals surface area contributed by atoms with Gasteiger partial charge in [0, 0.05) is 12.1 Å². The maximum absolute atomic E-state index is 13.0. The summed E-state index contributed by atoms with van der Waals surface area (Å²) in [5, 5.41) is 0. The maximum atomic E-state index is 13.0. The van der Waals surface area contributed by atoms with Crippen LogP contribution in [0.4, 0.5) is 0 Å². The SMILES string of the molecule is C#CCn1c(=NC(=O)c2c(OC)cccc2OC)sc2cc(OC)c(OC)cc21. The summed E-state index contributed by atoms with van der Waals surface area (Å²) in [4.78, 5) is 17.8. The highest BCUT2D eigenvalue weighted by Gasteiger charge is 2.19. The molecule has 0 bridgehead atoms. The Hall–Kier alpha value is -3.44. The average Bonchev–Trinajstić information content (AvgIpc) is 3.07.